The summed E-state index contributed by atoms with van der Waals surface area (Å²) in [4.78, 5) is 0. The Kier molecular flexibility index (Phi) is 5.66. The van der Waals surface area contributed by atoms with E-state index in [9.17, 15) is 4.39 Å². The Labute approximate surface area is 144 Å². The van der Waals surface area contributed by atoms with Crippen LogP contribution in [0.2, 0.25) is 5.02 Å². The van der Waals surface area contributed by atoms with Crippen LogP contribution >= 0.6 is 43.5 Å². The topological polar surface area (TPSA) is 21.3 Å². The van der Waals surface area contributed by atoms with E-state index in [0.717, 1.165) is 15.6 Å². The van der Waals surface area contributed by atoms with Crippen molar-refractivity contribution in [1.29, 1.82) is 0 Å². The number of benzene rings is 2. The fourth-order valence-electron chi connectivity index (χ4n) is 2.16. The molecule has 1 unspecified atom stereocenters. The Morgan fingerprint density at radius 3 is 2.52 bits per heavy atom. The number of hydrogen-bond acceptors (Lipinski definition) is 2. The van der Waals surface area contributed by atoms with Gasteiger partial charge in [-0.3, -0.25) is 0 Å². The zero-order chi connectivity index (χ0) is 15.6. The van der Waals surface area contributed by atoms with Crippen molar-refractivity contribution in [1.82, 2.24) is 5.32 Å². The van der Waals surface area contributed by atoms with Gasteiger partial charge in [0.05, 0.1) is 17.6 Å². The van der Waals surface area contributed by atoms with Crippen molar-refractivity contribution in [3.8, 4) is 5.75 Å². The van der Waals surface area contributed by atoms with E-state index in [4.69, 9.17) is 16.3 Å². The average Bonchev–Trinajstić information content (AvgIpc) is 2.46. The summed E-state index contributed by atoms with van der Waals surface area (Å²) in [5.41, 5.74) is 1.68. The summed E-state index contributed by atoms with van der Waals surface area (Å²) in [6, 6.07) is 8.46. The maximum atomic E-state index is 13.7. The first-order valence-corrected chi connectivity index (χ1v) is 8.09. The smallest absolute Gasteiger partial charge is 0.141 e. The van der Waals surface area contributed by atoms with E-state index >= 15 is 0 Å². The maximum Gasteiger partial charge on any atom is 0.141 e. The van der Waals surface area contributed by atoms with Crippen LogP contribution < -0.4 is 10.1 Å². The fraction of sp³-hybridized carbons (Fsp3) is 0.200. The molecular formula is C15H13Br2ClFNO. The molecule has 1 N–H and O–H groups in total. The van der Waals surface area contributed by atoms with E-state index in [-0.39, 0.29) is 11.9 Å². The minimum atomic E-state index is -0.370. The van der Waals surface area contributed by atoms with Gasteiger partial charge >= 0.3 is 0 Å². The van der Waals surface area contributed by atoms with Crippen LogP contribution in [0.4, 0.5) is 4.39 Å². The molecule has 0 aliphatic heterocycles. The van der Waals surface area contributed by atoms with Crippen molar-refractivity contribution in [3.63, 3.8) is 0 Å². The van der Waals surface area contributed by atoms with Gasteiger partial charge in [-0.25, -0.2) is 4.39 Å². The molecule has 0 aromatic heterocycles. The first-order chi connectivity index (χ1) is 9.97. The van der Waals surface area contributed by atoms with Gasteiger partial charge in [0.1, 0.15) is 11.6 Å². The second-order valence-corrected chi connectivity index (χ2v) is 6.57. The van der Waals surface area contributed by atoms with E-state index in [0.29, 0.717) is 15.2 Å². The normalized spacial score (nSPS) is 12.3. The minimum Gasteiger partial charge on any atom is -0.496 e. The number of rotatable bonds is 4. The van der Waals surface area contributed by atoms with Crippen LogP contribution in [0, 0.1) is 5.82 Å². The molecule has 0 heterocycles. The first kappa shape index (κ1) is 16.7. The minimum absolute atomic E-state index is 0.221. The zero-order valence-electron chi connectivity index (χ0n) is 11.4. The molecule has 0 aliphatic carbocycles. The van der Waals surface area contributed by atoms with Crippen molar-refractivity contribution in [3.05, 3.63) is 61.2 Å². The highest BCUT2D eigenvalue weighted by atomic mass is 79.9. The molecule has 21 heavy (non-hydrogen) atoms. The van der Waals surface area contributed by atoms with E-state index in [1.807, 2.05) is 25.2 Å². The molecule has 2 rings (SSSR count). The molecular weight excluding hydrogens is 424 g/mol. The molecule has 0 saturated carbocycles. The average molecular weight is 438 g/mol. The summed E-state index contributed by atoms with van der Waals surface area (Å²) < 4.78 is 20.3. The highest BCUT2D eigenvalue weighted by Gasteiger charge is 2.21. The Hall–Kier alpha value is -0.620. The Bertz CT molecular complexity index is 666. The van der Waals surface area contributed by atoms with Crippen molar-refractivity contribution in [2.75, 3.05) is 14.2 Å². The summed E-state index contributed by atoms with van der Waals surface area (Å²) >= 11 is 13.0. The van der Waals surface area contributed by atoms with Gasteiger partial charge in [-0.2, -0.15) is 0 Å². The number of nitrogens with one attached hydrogen (secondary N) is 1. The lowest BCUT2D eigenvalue weighted by atomic mass is 9.98. The number of ether oxygens (including phenoxy) is 1. The summed E-state index contributed by atoms with van der Waals surface area (Å²) in [6.07, 6.45) is 0. The lowest BCUT2D eigenvalue weighted by Crippen LogP contribution is -2.19. The third-order valence-electron chi connectivity index (χ3n) is 3.14. The molecule has 0 bridgehead atoms. The standard InChI is InChI=1S/C15H13Br2ClFNO/c1-20-15(9-5-8(16)3-4-12(9)18)10-6-11(17)13(19)7-14(10)21-2/h3-7,15,20H,1-2H3. The molecule has 2 aromatic carbocycles. The van der Waals surface area contributed by atoms with Gasteiger partial charge in [0.15, 0.2) is 0 Å². The quantitative estimate of drug-likeness (QED) is 0.699. The molecule has 6 heteroatoms. The summed E-state index contributed by atoms with van der Waals surface area (Å²) in [5, 5.41) is 3.82. The van der Waals surface area contributed by atoms with Crippen LogP contribution in [-0.2, 0) is 0 Å². The Morgan fingerprint density at radius 2 is 1.90 bits per heavy atom. The molecule has 0 saturated heterocycles. The third-order valence-corrected chi connectivity index (χ3v) is 4.59. The van der Waals surface area contributed by atoms with Gasteiger partial charge in [0, 0.05) is 21.1 Å². The van der Waals surface area contributed by atoms with Crippen molar-refractivity contribution in [2.45, 2.75) is 6.04 Å². The molecule has 0 radical (unpaired) electrons. The van der Waals surface area contributed by atoms with E-state index < -0.39 is 0 Å². The second-order valence-electron chi connectivity index (χ2n) is 4.40. The lowest BCUT2D eigenvalue weighted by molar-refractivity contribution is 0.401. The van der Waals surface area contributed by atoms with Crippen LogP contribution in [-0.4, -0.2) is 14.2 Å². The SMILES string of the molecule is CNC(c1cc(Br)ccc1Cl)c1cc(Br)c(F)cc1OC. The van der Waals surface area contributed by atoms with Gasteiger partial charge in [0.25, 0.3) is 0 Å². The van der Waals surface area contributed by atoms with Gasteiger partial charge in [-0.15, -0.1) is 0 Å². The predicted molar refractivity (Wildman–Crippen MR) is 90.7 cm³/mol. The molecule has 1 atom stereocenters. The van der Waals surface area contributed by atoms with E-state index in [1.165, 1.54) is 13.2 Å². The molecule has 2 nitrogen and oxygen atoms in total. The molecule has 0 amide bonds. The number of halogens is 4. The van der Waals surface area contributed by atoms with Crippen molar-refractivity contribution < 1.29 is 9.13 Å². The molecule has 2 aromatic rings. The lowest BCUT2D eigenvalue weighted by Gasteiger charge is -2.21. The highest BCUT2D eigenvalue weighted by Crippen LogP contribution is 2.37. The summed E-state index contributed by atoms with van der Waals surface area (Å²) in [6.45, 7) is 0. The molecule has 112 valence electrons. The maximum absolute atomic E-state index is 13.7. The van der Waals surface area contributed by atoms with Gasteiger partial charge < -0.3 is 10.1 Å². The van der Waals surface area contributed by atoms with Gasteiger partial charge in [-0.05, 0) is 52.8 Å². The van der Waals surface area contributed by atoms with Crippen LogP contribution in [0.15, 0.2) is 39.3 Å². The van der Waals surface area contributed by atoms with E-state index in [1.54, 1.807) is 6.07 Å². The van der Waals surface area contributed by atoms with Crippen LogP contribution in [0.25, 0.3) is 0 Å². The summed E-state index contributed by atoms with van der Waals surface area (Å²) in [5.74, 6) is 0.0943. The second kappa shape index (κ2) is 7.09. The predicted octanol–water partition coefficient (Wildman–Crippen LogP) is 5.32. The number of methoxy groups -OCH3 is 1. The monoisotopic (exact) mass is 435 g/mol. The largest absolute Gasteiger partial charge is 0.496 e. The van der Waals surface area contributed by atoms with Gasteiger partial charge in [0.2, 0.25) is 0 Å². The van der Waals surface area contributed by atoms with Crippen molar-refractivity contribution >= 4 is 43.5 Å². The van der Waals surface area contributed by atoms with Gasteiger partial charge in [-0.1, -0.05) is 27.5 Å². The third kappa shape index (κ3) is 3.59. The highest BCUT2D eigenvalue weighted by molar-refractivity contribution is 9.10. The van der Waals surface area contributed by atoms with Crippen molar-refractivity contribution in [2.24, 2.45) is 0 Å². The van der Waals surface area contributed by atoms with Crippen LogP contribution in [0.3, 0.4) is 0 Å². The molecule has 0 aliphatic rings. The summed E-state index contributed by atoms with van der Waals surface area (Å²) in [7, 11) is 3.33. The fourth-order valence-corrected chi connectivity index (χ4v) is 3.13. The number of hydrogen-bond donors (Lipinski definition) is 1. The Balaban J connectivity index is 2.61. The van der Waals surface area contributed by atoms with Crippen LogP contribution in [0.1, 0.15) is 17.2 Å². The van der Waals surface area contributed by atoms with E-state index in [2.05, 4.69) is 37.2 Å². The van der Waals surface area contributed by atoms with Crippen LogP contribution in [0.5, 0.6) is 5.75 Å². The zero-order valence-corrected chi connectivity index (χ0v) is 15.3. The molecule has 0 spiro atoms. The molecule has 0 fully saturated rings. The Morgan fingerprint density at radius 1 is 1.19 bits per heavy atom. The first-order valence-electron chi connectivity index (χ1n) is 6.13.